The molecule has 6 nitrogen and oxygen atoms in total. The maximum atomic E-state index is 11.2. The lowest BCUT2D eigenvalue weighted by atomic mass is 10.2. The minimum atomic E-state index is -1.06. The van der Waals surface area contributed by atoms with Crippen molar-refractivity contribution in [3.63, 3.8) is 0 Å². The Hall–Kier alpha value is -1.24. The van der Waals surface area contributed by atoms with Crippen LogP contribution >= 0.6 is 11.8 Å². The van der Waals surface area contributed by atoms with E-state index in [1.165, 1.54) is 18.7 Å². The summed E-state index contributed by atoms with van der Waals surface area (Å²) < 4.78 is 0. The smallest absolute Gasteiger partial charge is 0.326 e. The molecule has 2 atom stereocenters. The van der Waals surface area contributed by atoms with Gasteiger partial charge in [0.25, 0.3) is 0 Å². The topological polar surface area (TPSA) is 95.5 Å². The summed E-state index contributed by atoms with van der Waals surface area (Å²) in [6.07, 6.45) is 0.293. The molecular formula is C10H18N2O4S. The lowest BCUT2D eigenvalue weighted by Gasteiger charge is -2.14. The van der Waals surface area contributed by atoms with Crippen LogP contribution in [0.4, 0.5) is 0 Å². The van der Waals surface area contributed by atoms with Gasteiger partial charge in [-0.1, -0.05) is 0 Å². The summed E-state index contributed by atoms with van der Waals surface area (Å²) in [4.78, 5) is 32.7. The summed E-state index contributed by atoms with van der Waals surface area (Å²) in [5.41, 5.74) is 0. The van der Waals surface area contributed by atoms with E-state index in [4.69, 9.17) is 5.11 Å². The number of amides is 2. The van der Waals surface area contributed by atoms with Crippen LogP contribution in [0.25, 0.3) is 0 Å². The number of carbonyl (C=O) groups excluding carboxylic acids is 2. The van der Waals surface area contributed by atoms with E-state index in [1.807, 2.05) is 0 Å². The van der Waals surface area contributed by atoms with Crippen molar-refractivity contribution in [2.45, 2.75) is 31.6 Å². The molecule has 3 N–H and O–H groups in total. The molecular weight excluding hydrogens is 244 g/mol. The van der Waals surface area contributed by atoms with Gasteiger partial charge in [0.2, 0.25) is 11.8 Å². The highest BCUT2D eigenvalue weighted by Crippen LogP contribution is 2.13. The highest BCUT2D eigenvalue weighted by Gasteiger charge is 2.19. The number of carboxylic acids is 1. The van der Waals surface area contributed by atoms with Crippen LogP contribution in [0.3, 0.4) is 0 Å². The first-order chi connectivity index (χ1) is 7.88. The zero-order chi connectivity index (χ0) is 13.4. The van der Waals surface area contributed by atoms with Gasteiger partial charge in [-0.3, -0.25) is 9.59 Å². The molecule has 17 heavy (non-hydrogen) atoms. The fraction of sp³-hybridized carbons (Fsp3) is 0.700. The minimum absolute atomic E-state index is 0.0959. The summed E-state index contributed by atoms with van der Waals surface area (Å²) in [5, 5.41) is 13.5. The van der Waals surface area contributed by atoms with Crippen molar-refractivity contribution in [3.8, 4) is 0 Å². The number of thioether (sulfide) groups is 1. The van der Waals surface area contributed by atoms with E-state index in [2.05, 4.69) is 10.6 Å². The molecule has 0 aliphatic carbocycles. The molecule has 0 aromatic heterocycles. The van der Waals surface area contributed by atoms with Gasteiger partial charge in [0.05, 0.1) is 5.25 Å². The number of rotatable bonds is 7. The van der Waals surface area contributed by atoms with Crippen molar-refractivity contribution in [1.82, 2.24) is 10.6 Å². The third-order valence-electron chi connectivity index (χ3n) is 2.07. The largest absolute Gasteiger partial charge is 0.480 e. The number of hydrogen-bond donors (Lipinski definition) is 3. The van der Waals surface area contributed by atoms with Crippen LogP contribution in [0.1, 0.15) is 20.3 Å². The summed E-state index contributed by atoms with van der Waals surface area (Å²) in [6.45, 7) is 3.02. The number of hydrogen-bond acceptors (Lipinski definition) is 4. The Balaban J connectivity index is 4.02. The number of carbonyl (C=O) groups is 3. The number of aliphatic carboxylic acids is 1. The van der Waals surface area contributed by atoms with Crippen LogP contribution in [0.2, 0.25) is 0 Å². The molecule has 0 saturated carbocycles. The van der Waals surface area contributed by atoms with Crippen molar-refractivity contribution in [2.24, 2.45) is 0 Å². The van der Waals surface area contributed by atoms with Crippen LogP contribution < -0.4 is 10.6 Å². The second-order valence-electron chi connectivity index (χ2n) is 3.51. The fourth-order valence-electron chi connectivity index (χ4n) is 1.14. The molecule has 0 radical (unpaired) electrons. The van der Waals surface area contributed by atoms with Gasteiger partial charge in [-0.15, -0.1) is 11.8 Å². The zero-order valence-electron chi connectivity index (χ0n) is 10.1. The predicted octanol–water partition coefficient (Wildman–Crippen LogP) is -0.166. The molecule has 7 heteroatoms. The van der Waals surface area contributed by atoms with Gasteiger partial charge in [0.15, 0.2) is 0 Å². The van der Waals surface area contributed by atoms with Gasteiger partial charge >= 0.3 is 5.97 Å². The Kier molecular flexibility index (Phi) is 7.36. The molecule has 0 aromatic carbocycles. The maximum Gasteiger partial charge on any atom is 0.326 e. The molecule has 98 valence electrons. The van der Waals surface area contributed by atoms with Crippen LogP contribution in [0.5, 0.6) is 0 Å². The van der Waals surface area contributed by atoms with Gasteiger partial charge in [0, 0.05) is 14.0 Å². The first kappa shape index (κ1) is 15.8. The highest BCUT2D eigenvalue weighted by molar-refractivity contribution is 8.00. The molecule has 0 bridgehead atoms. The standard InChI is InChI=1S/C10H18N2O4S/c1-6(9(14)11-3)17-5-4-8(10(15)16)12-7(2)13/h6,8H,4-5H2,1-3H3,(H,11,14)(H,12,13)(H,15,16). The molecule has 0 heterocycles. The van der Waals surface area contributed by atoms with Crippen LogP contribution in [0, 0.1) is 0 Å². The van der Waals surface area contributed by atoms with Gasteiger partial charge in [0.1, 0.15) is 6.04 Å². The second kappa shape index (κ2) is 7.94. The lowest BCUT2D eigenvalue weighted by molar-refractivity contribution is -0.141. The third-order valence-corrected chi connectivity index (χ3v) is 3.25. The maximum absolute atomic E-state index is 11.2. The quantitative estimate of drug-likeness (QED) is 0.592. The Bertz CT molecular complexity index is 296. The van der Waals surface area contributed by atoms with E-state index in [-0.39, 0.29) is 17.1 Å². The van der Waals surface area contributed by atoms with Crippen molar-refractivity contribution >= 4 is 29.5 Å². The Morgan fingerprint density at radius 2 is 1.94 bits per heavy atom. The van der Waals surface area contributed by atoms with E-state index in [9.17, 15) is 14.4 Å². The fourth-order valence-corrected chi connectivity index (χ4v) is 2.14. The normalized spacial score (nSPS) is 13.6. The zero-order valence-corrected chi connectivity index (χ0v) is 11.0. The second-order valence-corrected chi connectivity index (χ2v) is 4.96. The van der Waals surface area contributed by atoms with Crippen molar-refractivity contribution in [3.05, 3.63) is 0 Å². The molecule has 0 aliphatic rings. The minimum Gasteiger partial charge on any atom is -0.480 e. The van der Waals surface area contributed by atoms with Crippen molar-refractivity contribution < 1.29 is 19.5 Å². The van der Waals surface area contributed by atoms with Gasteiger partial charge < -0.3 is 15.7 Å². The van der Waals surface area contributed by atoms with Gasteiger partial charge in [-0.05, 0) is 19.1 Å². The van der Waals surface area contributed by atoms with Gasteiger partial charge in [-0.25, -0.2) is 4.79 Å². The average Bonchev–Trinajstić information content (AvgIpc) is 2.25. The van der Waals surface area contributed by atoms with Crippen LogP contribution in [0.15, 0.2) is 0 Å². The molecule has 0 aliphatic heterocycles. The average molecular weight is 262 g/mol. The first-order valence-corrected chi connectivity index (χ1v) is 6.26. The van der Waals surface area contributed by atoms with E-state index in [1.54, 1.807) is 14.0 Å². The molecule has 2 unspecified atom stereocenters. The summed E-state index contributed by atoms with van der Waals surface area (Å²) in [7, 11) is 1.55. The van der Waals surface area contributed by atoms with E-state index >= 15 is 0 Å². The van der Waals surface area contributed by atoms with E-state index in [0.29, 0.717) is 12.2 Å². The third kappa shape index (κ3) is 6.83. The van der Waals surface area contributed by atoms with Crippen LogP contribution in [-0.2, 0) is 14.4 Å². The molecule has 0 saturated heterocycles. The lowest BCUT2D eigenvalue weighted by Crippen LogP contribution is -2.40. The molecule has 0 fully saturated rings. The summed E-state index contributed by atoms with van der Waals surface area (Å²) in [5.74, 6) is -1.04. The molecule has 2 amide bonds. The monoisotopic (exact) mass is 262 g/mol. The van der Waals surface area contributed by atoms with E-state index in [0.717, 1.165) is 0 Å². The summed E-state index contributed by atoms with van der Waals surface area (Å²) in [6, 6.07) is -0.892. The predicted molar refractivity (Wildman–Crippen MR) is 65.8 cm³/mol. The van der Waals surface area contributed by atoms with Gasteiger partial charge in [-0.2, -0.15) is 0 Å². The molecule has 0 rings (SSSR count). The van der Waals surface area contributed by atoms with E-state index < -0.39 is 12.0 Å². The Morgan fingerprint density at radius 3 is 2.35 bits per heavy atom. The first-order valence-electron chi connectivity index (χ1n) is 5.21. The highest BCUT2D eigenvalue weighted by atomic mass is 32.2. The Morgan fingerprint density at radius 1 is 1.35 bits per heavy atom. The SMILES string of the molecule is CNC(=O)C(C)SCCC(NC(C)=O)C(=O)O. The molecule has 0 aromatic rings. The molecule has 0 spiro atoms. The number of nitrogens with one attached hydrogen (secondary N) is 2. The number of carboxylic acid groups (broad SMARTS) is 1. The van der Waals surface area contributed by atoms with Crippen molar-refractivity contribution in [1.29, 1.82) is 0 Å². The Labute approximate surface area is 105 Å². The van der Waals surface area contributed by atoms with Crippen molar-refractivity contribution in [2.75, 3.05) is 12.8 Å². The summed E-state index contributed by atoms with van der Waals surface area (Å²) >= 11 is 1.36. The van der Waals surface area contributed by atoms with Crippen LogP contribution in [-0.4, -0.2) is 47.0 Å².